The standard InChI is InChI=1S/C13H13FO2S/c1-2-3-6-16-13(15)12-8-9-7-10(14)4-5-11(9)17-12/h4-5,7-8H,2-3,6H2,1H3. The minimum Gasteiger partial charge on any atom is -0.462 e. The van der Waals surface area contributed by atoms with Gasteiger partial charge in [0.1, 0.15) is 10.7 Å². The van der Waals surface area contributed by atoms with E-state index in [2.05, 4.69) is 0 Å². The minimum atomic E-state index is -0.319. The first-order valence-electron chi connectivity index (χ1n) is 5.57. The highest BCUT2D eigenvalue weighted by Crippen LogP contribution is 2.26. The zero-order chi connectivity index (χ0) is 12.3. The van der Waals surface area contributed by atoms with E-state index in [9.17, 15) is 9.18 Å². The number of unbranched alkanes of at least 4 members (excludes halogenated alkanes) is 1. The number of rotatable bonds is 4. The number of carbonyl (C=O) groups is 1. The first-order valence-corrected chi connectivity index (χ1v) is 6.38. The Labute approximate surface area is 103 Å². The van der Waals surface area contributed by atoms with E-state index >= 15 is 0 Å². The fourth-order valence-electron chi connectivity index (χ4n) is 1.50. The van der Waals surface area contributed by atoms with Gasteiger partial charge in [0.25, 0.3) is 0 Å². The number of hydrogen-bond donors (Lipinski definition) is 0. The molecule has 0 saturated heterocycles. The Bertz CT molecular complexity index is 533. The summed E-state index contributed by atoms with van der Waals surface area (Å²) in [5.74, 6) is -0.610. The third-order valence-electron chi connectivity index (χ3n) is 2.41. The van der Waals surface area contributed by atoms with Gasteiger partial charge in [0.15, 0.2) is 0 Å². The number of esters is 1. The molecule has 0 bridgehead atoms. The molecule has 2 aromatic rings. The maximum Gasteiger partial charge on any atom is 0.348 e. The second-order valence-electron chi connectivity index (χ2n) is 3.78. The zero-order valence-electron chi connectivity index (χ0n) is 9.53. The van der Waals surface area contributed by atoms with Crippen molar-refractivity contribution in [3.8, 4) is 0 Å². The van der Waals surface area contributed by atoms with Crippen LogP contribution in [0.3, 0.4) is 0 Å². The first kappa shape index (κ1) is 12.0. The summed E-state index contributed by atoms with van der Waals surface area (Å²) in [7, 11) is 0. The third kappa shape index (κ3) is 2.82. The van der Waals surface area contributed by atoms with Crippen molar-refractivity contribution in [2.75, 3.05) is 6.61 Å². The summed E-state index contributed by atoms with van der Waals surface area (Å²) in [6.45, 7) is 2.48. The highest BCUT2D eigenvalue weighted by molar-refractivity contribution is 7.20. The van der Waals surface area contributed by atoms with Crippen molar-refractivity contribution < 1.29 is 13.9 Å². The van der Waals surface area contributed by atoms with Crippen molar-refractivity contribution in [3.05, 3.63) is 35.0 Å². The van der Waals surface area contributed by atoms with Gasteiger partial charge >= 0.3 is 5.97 Å². The molecule has 0 aliphatic rings. The van der Waals surface area contributed by atoms with Crippen molar-refractivity contribution in [1.29, 1.82) is 0 Å². The Balaban J connectivity index is 2.15. The topological polar surface area (TPSA) is 26.3 Å². The first-order chi connectivity index (χ1) is 8.20. The molecule has 2 rings (SSSR count). The predicted octanol–water partition coefficient (Wildman–Crippen LogP) is 4.00. The lowest BCUT2D eigenvalue weighted by atomic mass is 10.2. The molecule has 1 aromatic heterocycles. The van der Waals surface area contributed by atoms with E-state index < -0.39 is 0 Å². The van der Waals surface area contributed by atoms with Crippen LogP contribution in [0.15, 0.2) is 24.3 Å². The van der Waals surface area contributed by atoms with E-state index in [0.717, 1.165) is 22.9 Å². The van der Waals surface area contributed by atoms with Crippen LogP contribution in [0.2, 0.25) is 0 Å². The normalized spacial score (nSPS) is 10.7. The van der Waals surface area contributed by atoms with Crippen molar-refractivity contribution in [3.63, 3.8) is 0 Å². The molecule has 90 valence electrons. The van der Waals surface area contributed by atoms with Crippen molar-refractivity contribution in [1.82, 2.24) is 0 Å². The molecule has 0 fully saturated rings. The molecular formula is C13H13FO2S. The molecule has 0 radical (unpaired) electrons. The predicted molar refractivity (Wildman–Crippen MR) is 67.0 cm³/mol. The largest absolute Gasteiger partial charge is 0.462 e. The highest BCUT2D eigenvalue weighted by atomic mass is 32.1. The summed E-state index contributed by atoms with van der Waals surface area (Å²) in [4.78, 5) is 12.2. The lowest BCUT2D eigenvalue weighted by Gasteiger charge is -2.00. The average Bonchev–Trinajstić information content (AvgIpc) is 2.72. The molecule has 0 spiro atoms. The Morgan fingerprint density at radius 2 is 2.24 bits per heavy atom. The summed E-state index contributed by atoms with van der Waals surface area (Å²) in [5.41, 5.74) is 0. The molecule has 1 aromatic carbocycles. The van der Waals surface area contributed by atoms with E-state index in [-0.39, 0.29) is 11.8 Å². The molecular weight excluding hydrogens is 239 g/mol. The van der Waals surface area contributed by atoms with Crippen LogP contribution in [0.5, 0.6) is 0 Å². The Morgan fingerprint density at radius 3 is 3.00 bits per heavy atom. The molecule has 0 amide bonds. The summed E-state index contributed by atoms with van der Waals surface area (Å²) in [5, 5.41) is 0.748. The molecule has 0 N–H and O–H groups in total. The number of ether oxygens (including phenoxy) is 1. The van der Waals surface area contributed by atoms with E-state index in [1.807, 2.05) is 6.92 Å². The fraction of sp³-hybridized carbons (Fsp3) is 0.308. The van der Waals surface area contributed by atoms with Crippen LogP contribution < -0.4 is 0 Å². The van der Waals surface area contributed by atoms with Crippen LogP contribution in [-0.4, -0.2) is 12.6 Å². The average molecular weight is 252 g/mol. The third-order valence-corrected chi connectivity index (χ3v) is 3.51. The Hall–Kier alpha value is -1.42. The number of fused-ring (bicyclic) bond motifs is 1. The van der Waals surface area contributed by atoms with E-state index in [1.54, 1.807) is 12.1 Å². The second kappa shape index (κ2) is 5.27. The van der Waals surface area contributed by atoms with Gasteiger partial charge < -0.3 is 4.74 Å². The van der Waals surface area contributed by atoms with Crippen molar-refractivity contribution in [2.45, 2.75) is 19.8 Å². The molecule has 0 aliphatic heterocycles. The van der Waals surface area contributed by atoms with Crippen LogP contribution in [-0.2, 0) is 4.74 Å². The maximum atomic E-state index is 13.0. The molecule has 0 aliphatic carbocycles. The summed E-state index contributed by atoms with van der Waals surface area (Å²) < 4.78 is 19.0. The summed E-state index contributed by atoms with van der Waals surface area (Å²) in [6, 6.07) is 6.18. The van der Waals surface area contributed by atoms with Gasteiger partial charge in [-0.1, -0.05) is 13.3 Å². The molecule has 4 heteroatoms. The molecule has 0 unspecified atom stereocenters. The zero-order valence-corrected chi connectivity index (χ0v) is 10.3. The molecule has 17 heavy (non-hydrogen) atoms. The van der Waals surface area contributed by atoms with Crippen LogP contribution >= 0.6 is 11.3 Å². The molecule has 0 saturated carbocycles. The number of hydrogen-bond acceptors (Lipinski definition) is 3. The number of carbonyl (C=O) groups excluding carboxylic acids is 1. The van der Waals surface area contributed by atoms with Gasteiger partial charge in [-0.25, -0.2) is 9.18 Å². The minimum absolute atomic E-state index is 0.291. The fourth-order valence-corrected chi connectivity index (χ4v) is 2.43. The summed E-state index contributed by atoms with van der Waals surface area (Å²) >= 11 is 1.33. The Morgan fingerprint density at radius 1 is 1.41 bits per heavy atom. The van der Waals surface area contributed by atoms with Gasteiger partial charge in [-0.05, 0) is 36.1 Å². The Kier molecular flexibility index (Phi) is 3.74. The van der Waals surface area contributed by atoms with Gasteiger partial charge in [-0.15, -0.1) is 11.3 Å². The van der Waals surface area contributed by atoms with Gasteiger partial charge in [0, 0.05) is 4.70 Å². The van der Waals surface area contributed by atoms with Gasteiger partial charge in [-0.3, -0.25) is 0 Å². The number of benzene rings is 1. The van der Waals surface area contributed by atoms with Crippen molar-refractivity contribution in [2.24, 2.45) is 0 Å². The molecule has 1 heterocycles. The van der Waals surface area contributed by atoms with Crippen molar-refractivity contribution >= 4 is 27.4 Å². The van der Waals surface area contributed by atoms with E-state index in [4.69, 9.17) is 4.74 Å². The maximum absolute atomic E-state index is 13.0. The van der Waals surface area contributed by atoms with Crippen LogP contribution in [0, 0.1) is 5.82 Å². The molecule has 2 nitrogen and oxygen atoms in total. The second-order valence-corrected chi connectivity index (χ2v) is 4.87. The van der Waals surface area contributed by atoms with Gasteiger partial charge in [0.2, 0.25) is 0 Å². The van der Waals surface area contributed by atoms with Crippen LogP contribution in [0.1, 0.15) is 29.4 Å². The number of halogens is 1. The SMILES string of the molecule is CCCCOC(=O)c1cc2cc(F)ccc2s1. The monoisotopic (exact) mass is 252 g/mol. The summed E-state index contributed by atoms with van der Waals surface area (Å²) in [6.07, 6.45) is 1.86. The smallest absolute Gasteiger partial charge is 0.348 e. The van der Waals surface area contributed by atoms with E-state index in [1.165, 1.54) is 23.5 Å². The molecule has 0 atom stereocenters. The van der Waals surface area contributed by atoms with E-state index in [0.29, 0.717) is 11.5 Å². The van der Waals surface area contributed by atoms with Gasteiger partial charge in [-0.2, -0.15) is 0 Å². The van der Waals surface area contributed by atoms with Crippen LogP contribution in [0.4, 0.5) is 4.39 Å². The quantitative estimate of drug-likeness (QED) is 0.607. The van der Waals surface area contributed by atoms with Crippen LogP contribution in [0.25, 0.3) is 10.1 Å². The van der Waals surface area contributed by atoms with Gasteiger partial charge in [0.05, 0.1) is 6.61 Å². The lowest BCUT2D eigenvalue weighted by Crippen LogP contribution is -2.03. The lowest BCUT2D eigenvalue weighted by molar-refractivity contribution is 0.0505. The highest BCUT2D eigenvalue weighted by Gasteiger charge is 2.11. The number of thiophene rings is 1.